The van der Waals surface area contributed by atoms with Gasteiger partial charge in [0.1, 0.15) is 17.8 Å². The van der Waals surface area contributed by atoms with Crippen LogP contribution in [0.25, 0.3) is 0 Å². The Hall–Kier alpha value is -4.25. The summed E-state index contributed by atoms with van der Waals surface area (Å²) < 4.78 is 11.0. The molecule has 0 saturated carbocycles. The van der Waals surface area contributed by atoms with Gasteiger partial charge >= 0.3 is 6.02 Å². The maximum atomic E-state index is 13.3. The highest BCUT2D eigenvalue weighted by atomic mass is 16.5. The van der Waals surface area contributed by atoms with Gasteiger partial charge in [0, 0.05) is 5.56 Å². The minimum atomic E-state index is -1.08. The van der Waals surface area contributed by atoms with Crippen LogP contribution in [0.3, 0.4) is 0 Å². The van der Waals surface area contributed by atoms with Gasteiger partial charge in [-0.05, 0) is 29.8 Å². The second-order valence-corrected chi connectivity index (χ2v) is 7.18. The number of ether oxygens (including phenoxy) is 2. The first kappa shape index (κ1) is 22.0. The van der Waals surface area contributed by atoms with Crippen LogP contribution in [-0.4, -0.2) is 60.9 Å². The number of aliphatic imine (C=N–C) groups is 1. The summed E-state index contributed by atoms with van der Waals surface area (Å²) in [5, 5.41) is 10.3. The lowest BCUT2D eigenvalue weighted by Crippen LogP contribution is -2.55. The smallest absolute Gasteiger partial charge is 0.323 e. The summed E-state index contributed by atoms with van der Waals surface area (Å²) >= 11 is 0. The molecule has 0 radical (unpaired) electrons. The first-order chi connectivity index (χ1) is 16.0. The van der Waals surface area contributed by atoms with E-state index in [9.17, 15) is 14.4 Å². The lowest BCUT2D eigenvalue weighted by Gasteiger charge is -2.30. The molecule has 3 amide bonds. The van der Waals surface area contributed by atoms with Crippen molar-refractivity contribution < 1.29 is 23.9 Å². The second kappa shape index (κ2) is 9.49. The number of carbonyl (C=O) groups is 3. The van der Waals surface area contributed by atoms with E-state index in [0.717, 1.165) is 5.01 Å². The minimum absolute atomic E-state index is 0.0154. The first-order valence-corrected chi connectivity index (χ1v) is 10.1. The SMILES string of the molecule is COc1ccc([C@H]2N=C3OC(c4ccccc4)=NN3C(=O)[C@H]2NC(=O)CNC(=O)CN)cc1. The largest absolute Gasteiger partial charge is 0.497 e. The Labute approximate surface area is 189 Å². The highest BCUT2D eigenvalue weighted by Gasteiger charge is 2.45. The molecular weight excluding hydrogens is 428 g/mol. The lowest BCUT2D eigenvalue weighted by molar-refractivity contribution is -0.135. The minimum Gasteiger partial charge on any atom is -0.497 e. The van der Waals surface area contributed by atoms with Crippen LogP contribution >= 0.6 is 0 Å². The number of nitrogens with zero attached hydrogens (tertiary/aromatic N) is 3. The molecule has 0 fully saturated rings. The number of hydrogen-bond acceptors (Lipinski definition) is 8. The Morgan fingerprint density at radius 1 is 1.12 bits per heavy atom. The van der Waals surface area contributed by atoms with E-state index in [-0.39, 0.29) is 25.0 Å². The molecule has 4 rings (SSSR count). The Balaban J connectivity index is 1.63. The Morgan fingerprint density at radius 2 is 1.85 bits per heavy atom. The number of amidine groups is 1. The van der Waals surface area contributed by atoms with Gasteiger partial charge in [-0.15, -0.1) is 10.1 Å². The predicted molar refractivity (Wildman–Crippen MR) is 118 cm³/mol. The fourth-order valence-electron chi connectivity index (χ4n) is 3.35. The third-order valence-corrected chi connectivity index (χ3v) is 5.03. The van der Waals surface area contributed by atoms with E-state index >= 15 is 0 Å². The molecule has 33 heavy (non-hydrogen) atoms. The van der Waals surface area contributed by atoms with Gasteiger partial charge in [0.15, 0.2) is 0 Å². The second-order valence-electron chi connectivity index (χ2n) is 7.18. The van der Waals surface area contributed by atoms with Gasteiger partial charge in [-0.2, -0.15) is 0 Å². The number of amides is 3. The molecule has 0 aliphatic carbocycles. The number of hydrazone groups is 1. The van der Waals surface area contributed by atoms with Crippen LogP contribution in [0.4, 0.5) is 0 Å². The van der Waals surface area contributed by atoms with Gasteiger partial charge in [-0.25, -0.2) is 4.99 Å². The summed E-state index contributed by atoms with van der Waals surface area (Å²) in [4.78, 5) is 41.7. The first-order valence-electron chi connectivity index (χ1n) is 10.1. The van der Waals surface area contributed by atoms with Gasteiger partial charge in [-0.1, -0.05) is 30.3 Å². The molecule has 2 aliphatic heterocycles. The maximum absolute atomic E-state index is 13.3. The fraction of sp³-hybridized carbons (Fsp3) is 0.227. The van der Waals surface area contributed by atoms with Gasteiger partial charge in [0.2, 0.25) is 17.7 Å². The summed E-state index contributed by atoms with van der Waals surface area (Å²) in [5.74, 6) is -0.729. The van der Waals surface area contributed by atoms with Crippen molar-refractivity contribution >= 4 is 29.6 Å². The standard InChI is InChI=1S/C22H22N6O5/c1-32-15-9-7-13(8-10-15)18-19(25-17(30)12-24-16(29)11-23)21(31)28-22(26-18)33-20(27-28)14-5-3-2-4-6-14/h2-10,18-19H,11-12,23H2,1H3,(H,24,29)(H,25,30)/t18-,19+/m1/s1. The molecule has 2 atom stereocenters. The number of hydrogen-bond donors (Lipinski definition) is 3. The quantitative estimate of drug-likeness (QED) is 0.536. The Bertz CT molecular complexity index is 1120. The van der Waals surface area contributed by atoms with E-state index in [1.807, 2.05) is 18.2 Å². The third-order valence-electron chi connectivity index (χ3n) is 5.03. The zero-order chi connectivity index (χ0) is 23.4. The van der Waals surface area contributed by atoms with Crippen LogP contribution in [0.5, 0.6) is 5.75 Å². The van der Waals surface area contributed by atoms with Gasteiger partial charge in [-0.3, -0.25) is 14.4 Å². The Morgan fingerprint density at radius 3 is 2.52 bits per heavy atom. The average molecular weight is 450 g/mol. The number of nitrogens with two attached hydrogens (primary N) is 1. The van der Waals surface area contributed by atoms with Gasteiger partial charge in [0.05, 0.1) is 20.2 Å². The summed E-state index contributed by atoms with van der Waals surface area (Å²) in [5.41, 5.74) is 6.58. The average Bonchev–Trinajstić information content (AvgIpc) is 3.29. The maximum Gasteiger partial charge on any atom is 0.323 e. The van der Waals surface area contributed by atoms with Crippen molar-refractivity contribution in [1.29, 1.82) is 0 Å². The predicted octanol–water partition coefficient (Wildman–Crippen LogP) is -0.114. The fourth-order valence-corrected chi connectivity index (χ4v) is 3.35. The number of nitrogens with one attached hydrogen (secondary N) is 2. The van der Waals surface area contributed by atoms with Crippen molar-refractivity contribution in [3.8, 4) is 5.75 Å². The number of benzene rings is 2. The van der Waals surface area contributed by atoms with E-state index in [1.165, 1.54) is 0 Å². The van der Waals surface area contributed by atoms with Crippen molar-refractivity contribution in [1.82, 2.24) is 15.6 Å². The molecule has 2 aromatic rings. The molecule has 0 bridgehead atoms. The summed E-state index contributed by atoms with van der Waals surface area (Å²) in [6.45, 7) is -0.583. The van der Waals surface area contributed by atoms with Crippen molar-refractivity contribution in [2.24, 2.45) is 15.8 Å². The van der Waals surface area contributed by atoms with Crippen molar-refractivity contribution in [3.05, 3.63) is 65.7 Å². The molecule has 0 spiro atoms. The molecule has 2 heterocycles. The number of rotatable bonds is 7. The van der Waals surface area contributed by atoms with E-state index in [0.29, 0.717) is 16.9 Å². The van der Waals surface area contributed by atoms with Crippen LogP contribution in [0.1, 0.15) is 17.2 Å². The van der Waals surface area contributed by atoms with Crippen LogP contribution < -0.4 is 21.1 Å². The third kappa shape index (κ3) is 4.67. The monoisotopic (exact) mass is 450 g/mol. The van der Waals surface area contributed by atoms with Crippen LogP contribution in [0, 0.1) is 0 Å². The number of fused-ring (bicyclic) bond motifs is 1. The van der Waals surface area contributed by atoms with Gasteiger partial charge < -0.3 is 25.8 Å². The molecule has 11 heteroatoms. The molecule has 2 aromatic carbocycles. The zero-order valence-corrected chi connectivity index (χ0v) is 17.7. The zero-order valence-electron chi connectivity index (χ0n) is 17.7. The summed E-state index contributed by atoms with van der Waals surface area (Å²) in [7, 11) is 1.55. The molecule has 0 saturated heterocycles. The molecular formula is C22H22N6O5. The van der Waals surface area contributed by atoms with Crippen molar-refractivity contribution in [2.75, 3.05) is 20.2 Å². The highest BCUT2D eigenvalue weighted by Crippen LogP contribution is 2.31. The van der Waals surface area contributed by atoms with E-state index in [4.69, 9.17) is 15.2 Å². The summed E-state index contributed by atoms with van der Waals surface area (Å²) in [6.07, 6.45) is 0. The van der Waals surface area contributed by atoms with E-state index < -0.39 is 29.8 Å². The number of carbonyl (C=O) groups excluding carboxylic acids is 3. The Kier molecular flexibility index (Phi) is 6.31. The van der Waals surface area contributed by atoms with Crippen LogP contribution in [-0.2, 0) is 19.1 Å². The summed E-state index contributed by atoms with van der Waals surface area (Å²) in [6, 6.07) is 14.2. The lowest BCUT2D eigenvalue weighted by atomic mass is 9.97. The normalized spacial score (nSPS) is 19.1. The molecule has 2 aliphatic rings. The molecule has 0 aromatic heterocycles. The van der Waals surface area contributed by atoms with E-state index in [2.05, 4.69) is 20.7 Å². The number of methoxy groups -OCH3 is 1. The van der Waals surface area contributed by atoms with Crippen molar-refractivity contribution in [2.45, 2.75) is 12.1 Å². The van der Waals surface area contributed by atoms with Crippen molar-refractivity contribution in [3.63, 3.8) is 0 Å². The van der Waals surface area contributed by atoms with Gasteiger partial charge in [0.25, 0.3) is 5.91 Å². The molecule has 4 N–H and O–H groups in total. The molecule has 0 unspecified atom stereocenters. The topological polar surface area (TPSA) is 148 Å². The van der Waals surface area contributed by atoms with E-state index in [1.54, 1.807) is 43.5 Å². The van der Waals surface area contributed by atoms with Crippen LogP contribution in [0.15, 0.2) is 64.7 Å². The molecule has 170 valence electrons. The highest BCUT2D eigenvalue weighted by molar-refractivity contribution is 6.12. The molecule has 11 nitrogen and oxygen atoms in total. The van der Waals surface area contributed by atoms with Crippen LogP contribution in [0.2, 0.25) is 0 Å².